The van der Waals surface area contributed by atoms with Crippen molar-refractivity contribution in [1.82, 2.24) is 0 Å². The Hall–Kier alpha value is -2.29. The molecular formula is C25H31N3. The van der Waals surface area contributed by atoms with Gasteiger partial charge in [-0.3, -0.25) is 4.99 Å². The first-order valence-corrected chi connectivity index (χ1v) is 11.0. The highest BCUT2D eigenvalue weighted by Gasteiger charge is 2.50. The fraction of sp³-hybridized carbons (Fsp3) is 0.480. The summed E-state index contributed by atoms with van der Waals surface area (Å²) in [6, 6.07) is 17.5. The number of nitrogens with one attached hydrogen (secondary N) is 1. The molecule has 0 amide bonds. The van der Waals surface area contributed by atoms with Gasteiger partial charge in [-0.1, -0.05) is 37.1 Å². The molecule has 28 heavy (non-hydrogen) atoms. The second kappa shape index (κ2) is 7.27. The number of aryl methyl sites for hydroxylation is 1. The fourth-order valence-corrected chi connectivity index (χ4v) is 5.93. The highest BCUT2D eigenvalue weighted by atomic mass is 15.2. The normalized spacial score (nSPS) is 22.5. The third-order valence-electron chi connectivity index (χ3n) is 7.10. The van der Waals surface area contributed by atoms with Crippen LogP contribution in [0.5, 0.6) is 0 Å². The number of hydrogen-bond acceptors (Lipinski definition) is 3. The predicted molar refractivity (Wildman–Crippen MR) is 119 cm³/mol. The van der Waals surface area contributed by atoms with E-state index >= 15 is 0 Å². The molecule has 146 valence electrons. The van der Waals surface area contributed by atoms with Gasteiger partial charge in [-0.25, -0.2) is 0 Å². The lowest BCUT2D eigenvalue weighted by molar-refractivity contribution is 0.316. The predicted octanol–water partition coefficient (Wildman–Crippen LogP) is 6.11. The van der Waals surface area contributed by atoms with E-state index in [1.807, 2.05) is 0 Å². The number of fused-ring (bicyclic) bond motifs is 3. The summed E-state index contributed by atoms with van der Waals surface area (Å²) < 4.78 is 0. The van der Waals surface area contributed by atoms with Crippen LogP contribution in [0.4, 0.5) is 17.1 Å². The van der Waals surface area contributed by atoms with Gasteiger partial charge in [0.2, 0.25) is 0 Å². The molecule has 3 nitrogen and oxygen atoms in total. The molecule has 5 rings (SSSR count). The maximum atomic E-state index is 5.20. The SMILES string of the molecule is Cc1cccc(NCCN2c3ccccc3N=C3CCCC3C23CCCC3)c1. The highest BCUT2D eigenvalue weighted by Crippen LogP contribution is 2.52. The topological polar surface area (TPSA) is 27.6 Å². The van der Waals surface area contributed by atoms with Gasteiger partial charge in [-0.05, 0) is 68.9 Å². The maximum absolute atomic E-state index is 5.20. The Bertz CT molecular complexity index is 879. The number of benzene rings is 2. The van der Waals surface area contributed by atoms with Gasteiger partial charge in [0.25, 0.3) is 0 Å². The molecule has 0 saturated heterocycles. The Morgan fingerprint density at radius 2 is 1.93 bits per heavy atom. The van der Waals surface area contributed by atoms with Crippen LogP contribution in [0.25, 0.3) is 0 Å². The van der Waals surface area contributed by atoms with Crippen molar-refractivity contribution < 1.29 is 0 Å². The van der Waals surface area contributed by atoms with Crippen LogP contribution >= 0.6 is 0 Å². The van der Waals surface area contributed by atoms with Crippen LogP contribution in [-0.2, 0) is 0 Å². The van der Waals surface area contributed by atoms with Crippen LogP contribution in [-0.4, -0.2) is 24.3 Å². The number of hydrogen-bond donors (Lipinski definition) is 1. The van der Waals surface area contributed by atoms with Crippen molar-refractivity contribution in [3.05, 3.63) is 54.1 Å². The van der Waals surface area contributed by atoms with Crippen LogP contribution in [0.1, 0.15) is 50.5 Å². The molecule has 1 aliphatic heterocycles. The lowest BCUT2D eigenvalue weighted by atomic mass is 9.78. The molecule has 1 heterocycles. The summed E-state index contributed by atoms with van der Waals surface area (Å²) in [5, 5.41) is 3.67. The quantitative estimate of drug-likeness (QED) is 0.700. The Kier molecular flexibility index (Phi) is 4.62. The highest BCUT2D eigenvalue weighted by molar-refractivity contribution is 5.95. The molecule has 0 radical (unpaired) electrons. The van der Waals surface area contributed by atoms with E-state index in [4.69, 9.17) is 4.99 Å². The summed E-state index contributed by atoms with van der Waals surface area (Å²) in [7, 11) is 0. The summed E-state index contributed by atoms with van der Waals surface area (Å²) in [5.41, 5.74) is 6.81. The van der Waals surface area contributed by atoms with Gasteiger partial charge in [0.15, 0.2) is 0 Å². The zero-order chi connectivity index (χ0) is 19.0. The molecule has 2 fully saturated rings. The average Bonchev–Trinajstić information content (AvgIpc) is 3.34. The van der Waals surface area contributed by atoms with Gasteiger partial charge >= 0.3 is 0 Å². The largest absolute Gasteiger partial charge is 0.383 e. The van der Waals surface area contributed by atoms with E-state index in [0.29, 0.717) is 5.92 Å². The van der Waals surface area contributed by atoms with E-state index in [2.05, 4.69) is 65.7 Å². The first-order chi connectivity index (χ1) is 13.8. The van der Waals surface area contributed by atoms with Crippen molar-refractivity contribution >= 4 is 22.8 Å². The van der Waals surface area contributed by atoms with Gasteiger partial charge in [0, 0.05) is 35.9 Å². The van der Waals surface area contributed by atoms with Crippen molar-refractivity contribution in [3.63, 3.8) is 0 Å². The number of nitrogens with zero attached hydrogens (tertiary/aromatic N) is 2. The first kappa shape index (κ1) is 17.8. The van der Waals surface area contributed by atoms with E-state index < -0.39 is 0 Å². The first-order valence-electron chi connectivity index (χ1n) is 11.0. The number of aliphatic imine (C=N–C) groups is 1. The molecule has 2 saturated carbocycles. The average molecular weight is 374 g/mol. The number of para-hydroxylation sites is 2. The van der Waals surface area contributed by atoms with Crippen molar-refractivity contribution in [2.75, 3.05) is 23.3 Å². The molecule has 2 aromatic carbocycles. The van der Waals surface area contributed by atoms with Gasteiger partial charge in [0.05, 0.1) is 11.4 Å². The summed E-state index contributed by atoms with van der Waals surface area (Å²) in [4.78, 5) is 7.96. The molecule has 3 heteroatoms. The third-order valence-corrected chi connectivity index (χ3v) is 7.10. The minimum atomic E-state index is 0.274. The second-order valence-electron chi connectivity index (χ2n) is 8.80. The fourth-order valence-electron chi connectivity index (χ4n) is 5.93. The minimum Gasteiger partial charge on any atom is -0.383 e. The number of anilines is 2. The van der Waals surface area contributed by atoms with Crippen LogP contribution < -0.4 is 10.2 Å². The summed E-state index contributed by atoms with van der Waals surface area (Å²) in [6.45, 7) is 4.15. The van der Waals surface area contributed by atoms with Gasteiger partial charge in [0.1, 0.15) is 0 Å². The Labute approximate surface area is 168 Å². The molecule has 1 spiro atoms. The molecule has 0 bridgehead atoms. The van der Waals surface area contributed by atoms with Gasteiger partial charge < -0.3 is 10.2 Å². The van der Waals surface area contributed by atoms with Crippen molar-refractivity contribution in [1.29, 1.82) is 0 Å². The Balaban J connectivity index is 1.47. The number of rotatable bonds is 4. The molecular weight excluding hydrogens is 342 g/mol. The lowest BCUT2D eigenvalue weighted by Crippen LogP contribution is -2.54. The van der Waals surface area contributed by atoms with E-state index in [-0.39, 0.29) is 5.54 Å². The van der Waals surface area contributed by atoms with E-state index in [9.17, 15) is 0 Å². The molecule has 1 atom stereocenters. The minimum absolute atomic E-state index is 0.274. The van der Waals surface area contributed by atoms with Crippen LogP contribution in [0.3, 0.4) is 0 Å². The summed E-state index contributed by atoms with van der Waals surface area (Å²) in [6.07, 6.45) is 9.15. The second-order valence-corrected chi connectivity index (χ2v) is 8.80. The van der Waals surface area contributed by atoms with Gasteiger partial charge in [-0.2, -0.15) is 0 Å². The Morgan fingerprint density at radius 1 is 1.07 bits per heavy atom. The van der Waals surface area contributed by atoms with E-state index in [1.54, 1.807) is 0 Å². The molecule has 1 N–H and O–H groups in total. The Morgan fingerprint density at radius 3 is 2.79 bits per heavy atom. The zero-order valence-electron chi connectivity index (χ0n) is 17.0. The molecule has 3 aliphatic rings. The summed E-state index contributed by atoms with van der Waals surface area (Å²) in [5.74, 6) is 0.640. The van der Waals surface area contributed by atoms with Crippen molar-refractivity contribution in [3.8, 4) is 0 Å². The standard InChI is InChI=1S/C25H31N3/c1-19-8-6-9-20(18-19)26-16-17-28-24-13-3-2-11-23(24)27-22-12-7-10-21(22)25(28)14-4-5-15-25/h2-3,6,8-9,11,13,18,21,26H,4-5,7,10,12,14-17H2,1H3. The summed E-state index contributed by atoms with van der Waals surface area (Å²) >= 11 is 0. The van der Waals surface area contributed by atoms with E-state index in [0.717, 1.165) is 13.1 Å². The van der Waals surface area contributed by atoms with Gasteiger partial charge in [-0.15, -0.1) is 0 Å². The molecule has 1 unspecified atom stereocenters. The van der Waals surface area contributed by atoms with Crippen LogP contribution in [0, 0.1) is 12.8 Å². The maximum Gasteiger partial charge on any atom is 0.0862 e. The lowest BCUT2D eigenvalue weighted by Gasteiger charge is -2.46. The molecule has 2 aromatic rings. The van der Waals surface area contributed by atoms with Crippen LogP contribution in [0.15, 0.2) is 53.5 Å². The monoisotopic (exact) mass is 373 g/mol. The van der Waals surface area contributed by atoms with Crippen molar-refractivity contribution in [2.24, 2.45) is 10.9 Å². The third kappa shape index (κ3) is 3.01. The molecule has 2 aliphatic carbocycles. The molecule has 0 aromatic heterocycles. The smallest absolute Gasteiger partial charge is 0.0862 e. The van der Waals surface area contributed by atoms with Crippen LogP contribution in [0.2, 0.25) is 0 Å². The van der Waals surface area contributed by atoms with Crippen molar-refractivity contribution in [2.45, 2.75) is 57.4 Å². The zero-order valence-corrected chi connectivity index (χ0v) is 17.0. The van der Waals surface area contributed by atoms with E-state index in [1.165, 1.54) is 73.3 Å².